The number of carbonyl (C=O) groups is 3. The summed E-state index contributed by atoms with van der Waals surface area (Å²) in [6.07, 6.45) is 1.25. The molecule has 2 heterocycles. The fourth-order valence-electron chi connectivity index (χ4n) is 3.92. The fraction of sp³-hybridized carbons (Fsp3) is 0.227. The van der Waals surface area contributed by atoms with Crippen LogP contribution in [0.3, 0.4) is 0 Å². The SMILES string of the molecule is C=C1c2ccccc2C(=O)N1CC(=O)N1CCCC1C(=O)Nc1cc(Cl)cc(Cl)c1. The molecule has 0 spiro atoms. The Kier molecular flexibility index (Phi) is 5.54. The molecule has 1 fully saturated rings. The molecule has 0 radical (unpaired) electrons. The van der Waals surface area contributed by atoms with Gasteiger partial charge in [0.15, 0.2) is 0 Å². The standard InChI is InChI=1S/C22H19Cl2N3O3/c1-13-17-5-2-3-6-18(17)22(30)27(13)12-20(28)26-8-4-7-19(26)21(29)25-16-10-14(23)9-15(24)11-16/h2-3,5-6,9-11,19H,1,4,7-8,12H2,(H,25,29). The zero-order valence-electron chi connectivity index (χ0n) is 16.0. The number of nitrogens with one attached hydrogen (secondary N) is 1. The van der Waals surface area contributed by atoms with Crippen molar-refractivity contribution in [2.45, 2.75) is 18.9 Å². The monoisotopic (exact) mass is 443 g/mol. The van der Waals surface area contributed by atoms with Gasteiger partial charge in [-0.05, 0) is 37.1 Å². The van der Waals surface area contributed by atoms with Gasteiger partial charge in [-0.15, -0.1) is 0 Å². The predicted octanol–water partition coefficient (Wildman–Crippen LogP) is 4.05. The van der Waals surface area contributed by atoms with Gasteiger partial charge in [0.25, 0.3) is 5.91 Å². The Hall–Kier alpha value is -2.83. The fourth-order valence-corrected chi connectivity index (χ4v) is 4.44. The van der Waals surface area contributed by atoms with Gasteiger partial charge >= 0.3 is 0 Å². The highest BCUT2D eigenvalue weighted by Gasteiger charge is 2.38. The number of anilines is 1. The molecule has 1 saturated heterocycles. The lowest BCUT2D eigenvalue weighted by Gasteiger charge is -2.26. The molecular formula is C22H19Cl2N3O3. The van der Waals surface area contributed by atoms with Crippen molar-refractivity contribution < 1.29 is 14.4 Å². The molecule has 0 aliphatic carbocycles. The summed E-state index contributed by atoms with van der Waals surface area (Å²) < 4.78 is 0. The maximum Gasteiger partial charge on any atom is 0.259 e. The van der Waals surface area contributed by atoms with Crippen LogP contribution in [0.15, 0.2) is 49.0 Å². The highest BCUT2D eigenvalue weighted by atomic mass is 35.5. The number of amides is 3. The van der Waals surface area contributed by atoms with E-state index in [1.807, 2.05) is 12.1 Å². The topological polar surface area (TPSA) is 69.7 Å². The molecule has 1 atom stereocenters. The van der Waals surface area contributed by atoms with Crippen molar-refractivity contribution in [2.24, 2.45) is 0 Å². The van der Waals surface area contributed by atoms with Gasteiger partial charge in [0, 0.05) is 39.1 Å². The van der Waals surface area contributed by atoms with Crippen LogP contribution in [0.2, 0.25) is 10.0 Å². The molecular weight excluding hydrogens is 425 g/mol. The van der Waals surface area contributed by atoms with E-state index in [1.165, 1.54) is 9.80 Å². The van der Waals surface area contributed by atoms with Crippen molar-refractivity contribution in [1.29, 1.82) is 0 Å². The summed E-state index contributed by atoms with van der Waals surface area (Å²) in [6, 6.07) is 11.3. The van der Waals surface area contributed by atoms with E-state index in [9.17, 15) is 14.4 Å². The quantitative estimate of drug-likeness (QED) is 0.774. The van der Waals surface area contributed by atoms with Gasteiger partial charge in [-0.25, -0.2) is 0 Å². The molecule has 8 heteroatoms. The van der Waals surface area contributed by atoms with Gasteiger partial charge in [-0.3, -0.25) is 19.3 Å². The number of rotatable bonds is 4. The number of fused-ring (bicyclic) bond motifs is 1. The van der Waals surface area contributed by atoms with Crippen LogP contribution >= 0.6 is 23.2 Å². The molecule has 4 rings (SSSR count). The summed E-state index contributed by atoms with van der Waals surface area (Å²) in [4.78, 5) is 41.4. The highest BCUT2D eigenvalue weighted by molar-refractivity contribution is 6.35. The van der Waals surface area contributed by atoms with E-state index in [0.717, 1.165) is 5.56 Å². The van der Waals surface area contributed by atoms with Crippen LogP contribution in [0, 0.1) is 0 Å². The van der Waals surface area contributed by atoms with Crippen LogP contribution in [0.4, 0.5) is 5.69 Å². The van der Waals surface area contributed by atoms with Gasteiger partial charge in [0.05, 0.1) is 0 Å². The molecule has 2 aliphatic heterocycles. The van der Waals surface area contributed by atoms with E-state index in [-0.39, 0.29) is 24.3 Å². The van der Waals surface area contributed by atoms with Crippen LogP contribution < -0.4 is 5.32 Å². The maximum atomic E-state index is 13.0. The molecule has 0 bridgehead atoms. The van der Waals surface area contributed by atoms with Crippen molar-refractivity contribution in [3.8, 4) is 0 Å². The van der Waals surface area contributed by atoms with E-state index in [2.05, 4.69) is 11.9 Å². The first-order valence-corrected chi connectivity index (χ1v) is 10.3. The summed E-state index contributed by atoms with van der Waals surface area (Å²) in [6.45, 7) is 4.26. The Morgan fingerprint density at radius 2 is 1.77 bits per heavy atom. The Morgan fingerprint density at radius 1 is 1.10 bits per heavy atom. The lowest BCUT2D eigenvalue weighted by Crippen LogP contribution is -2.47. The van der Waals surface area contributed by atoms with Gasteiger partial charge in [0.2, 0.25) is 11.8 Å². The lowest BCUT2D eigenvalue weighted by molar-refractivity contribution is -0.136. The van der Waals surface area contributed by atoms with Crippen molar-refractivity contribution in [2.75, 3.05) is 18.4 Å². The van der Waals surface area contributed by atoms with Crippen molar-refractivity contribution >= 4 is 52.3 Å². The molecule has 0 saturated carbocycles. The van der Waals surface area contributed by atoms with Gasteiger partial charge in [0.1, 0.15) is 12.6 Å². The van der Waals surface area contributed by atoms with Crippen LogP contribution in [0.5, 0.6) is 0 Å². The Bertz CT molecular complexity index is 1010. The summed E-state index contributed by atoms with van der Waals surface area (Å²) in [5, 5.41) is 3.59. The maximum absolute atomic E-state index is 13.0. The third kappa shape index (κ3) is 3.80. The molecule has 2 aromatic carbocycles. The van der Waals surface area contributed by atoms with E-state index in [1.54, 1.807) is 30.3 Å². The van der Waals surface area contributed by atoms with Crippen LogP contribution in [0.25, 0.3) is 5.70 Å². The summed E-state index contributed by atoms with van der Waals surface area (Å²) in [5.41, 5.74) is 2.22. The third-order valence-electron chi connectivity index (χ3n) is 5.34. The average molecular weight is 444 g/mol. The van der Waals surface area contributed by atoms with Crippen LogP contribution in [-0.4, -0.2) is 46.7 Å². The lowest BCUT2D eigenvalue weighted by atomic mass is 10.1. The molecule has 2 aliphatic rings. The van der Waals surface area contributed by atoms with Crippen molar-refractivity contribution in [3.05, 3.63) is 70.2 Å². The number of hydrogen-bond donors (Lipinski definition) is 1. The second-order valence-corrected chi connectivity index (χ2v) is 8.15. The smallest absolute Gasteiger partial charge is 0.259 e. The van der Waals surface area contributed by atoms with Crippen molar-refractivity contribution in [3.63, 3.8) is 0 Å². The first-order chi connectivity index (χ1) is 14.3. The van der Waals surface area contributed by atoms with Gasteiger partial charge in [-0.2, -0.15) is 0 Å². The normalized spacial score (nSPS) is 18.0. The van der Waals surface area contributed by atoms with Gasteiger partial charge in [-0.1, -0.05) is 48.0 Å². The molecule has 154 valence electrons. The molecule has 1 N–H and O–H groups in total. The largest absolute Gasteiger partial charge is 0.329 e. The molecule has 1 unspecified atom stereocenters. The number of halogens is 2. The molecule has 2 aromatic rings. The minimum absolute atomic E-state index is 0.154. The summed E-state index contributed by atoms with van der Waals surface area (Å²) in [7, 11) is 0. The van der Waals surface area contributed by atoms with Crippen LogP contribution in [-0.2, 0) is 9.59 Å². The second-order valence-electron chi connectivity index (χ2n) is 7.28. The first-order valence-electron chi connectivity index (χ1n) is 9.52. The Balaban J connectivity index is 1.46. The number of carbonyl (C=O) groups excluding carboxylic acids is 3. The number of hydrogen-bond acceptors (Lipinski definition) is 3. The summed E-state index contributed by atoms with van der Waals surface area (Å²) in [5.74, 6) is -0.856. The second kappa shape index (κ2) is 8.13. The average Bonchev–Trinajstić information content (AvgIpc) is 3.28. The molecule has 0 aromatic heterocycles. The van der Waals surface area contributed by atoms with E-state index in [4.69, 9.17) is 23.2 Å². The minimum Gasteiger partial charge on any atom is -0.329 e. The zero-order valence-corrected chi connectivity index (χ0v) is 17.5. The number of nitrogens with zero attached hydrogens (tertiary/aromatic N) is 2. The zero-order chi connectivity index (χ0) is 21.4. The number of likely N-dealkylation sites (tertiary alicyclic amines) is 1. The minimum atomic E-state index is -0.622. The Labute approximate surface area is 184 Å². The highest BCUT2D eigenvalue weighted by Crippen LogP contribution is 2.31. The van der Waals surface area contributed by atoms with E-state index >= 15 is 0 Å². The predicted molar refractivity (Wildman–Crippen MR) is 116 cm³/mol. The van der Waals surface area contributed by atoms with Gasteiger partial charge < -0.3 is 10.2 Å². The Morgan fingerprint density at radius 3 is 2.43 bits per heavy atom. The molecule has 6 nitrogen and oxygen atoms in total. The van der Waals surface area contributed by atoms with Crippen molar-refractivity contribution in [1.82, 2.24) is 9.80 Å². The molecule has 3 amide bonds. The third-order valence-corrected chi connectivity index (χ3v) is 5.78. The first kappa shape index (κ1) is 20.4. The number of benzene rings is 2. The van der Waals surface area contributed by atoms with E-state index in [0.29, 0.717) is 46.4 Å². The molecule has 30 heavy (non-hydrogen) atoms. The summed E-state index contributed by atoms with van der Waals surface area (Å²) >= 11 is 12.0. The van der Waals surface area contributed by atoms with Crippen LogP contribution in [0.1, 0.15) is 28.8 Å². The van der Waals surface area contributed by atoms with E-state index < -0.39 is 6.04 Å².